The number of nitrogens with one attached hydrogen (secondary N) is 2. The number of ether oxygens (including phenoxy) is 1. The number of benzene rings is 1. The lowest BCUT2D eigenvalue weighted by molar-refractivity contribution is 0.252. The first-order chi connectivity index (χ1) is 8.11. The van der Waals surface area contributed by atoms with E-state index in [1.54, 1.807) is 31.4 Å². The predicted octanol–water partition coefficient (Wildman–Crippen LogP) is 1.55. The van der Waals surface area contributed by atoms with E-state index in [0.29, 0.717) is 6.54 Å². The number of hydrogen-bond acceptors (Lipinski definition) is 3. The highest BCUT2D eigenvalue weighted by Crippen LogP contribution is 2.14. The fourth-order valence-corrected chi connectivity index (χ4v) is 1.26. The minimum atomic E-state index is -0.226. The van der Waals surface area contributed by atoms with E-state index in [1.165, 1.54) is 0 Å². The second kappa shape index (κ2) is 6.75. The minimum absolute atomic E-state index is 0.0938. The van der Waals surface area contributed by atoms with Crippen molar-refractivity contribution in [2.45, 2.75) is 19.4 Å². The van der Waals surface area contributed by atoms with Crippen molar-refractivity contribution in [3.63, 3.8) is 0 Å². The summed E-state index contributed by atoms with van der Waals surface area (Å²) in [6.07, 6.45) is 0.760. The van der Waals surface area contributed by atoms with Crippen LogP contribution in [0.2, 0.25) is 0 Å². The molecule has 5 nitrogen and oxygen atoms in total. The lowest BCUT2D eigenvalue weighted by Gasteiger charge is -2.09. The number of nitrogens with two attached hydrogens (primary N) is 1. The summed E-state index contributed by atoms with van der Waals surface area (Å²) >= 11 is 0. The highest BCUT2D eigenvalue weighted by Gasteiger charge is 2.01. The molecule has 1 atom stereocenters. The molecule has 0 aliphatic carbocycles. The Balaban J connectivity index is 2.34. The molecule has 94 valence electrons. The van der Waals surface area contributed by atoms with E-state index in [4.69, 9.17) is 10.5 Å². The number of hydrogen-bond donors (Lipinski definition) is 3. The normalized spacial score (nSPS) is 11.7. The van der Waals surface area contributed by atoms with Crippen molar-refractivity contribution in [3.8, 4) is 5.75 Å². The molecule has 0 aliphatic heterocycles. The van der Waals surface area contributed by atoms with Crippen molar-refractivity contribution < 1.29 is 9.53 Å². The molecule has 5 heteroatoms. The SMILES string of the molecule is COc1ccc(NC(=O)NCCC(C)N)cc1. The Morgan fingerprint density at radius 2 is 2.06 bits per heavy atom. The fraction of sp³-hybridized carbons (Fsp3) is 0.417. The third-order valence-electron chi connectivity index (χ3n) is 2.23. The van der Waals surface area contributed by atoms with Gasteiger partial charge in [-0.25, -0.2) is 4.79 Å². The van der Waals surface area contributed by atoms with Crippen molar-refractivity contribution in [3.05, 3.63) is 24.3 Å². The van der Waals surface area contributed by atoms with Crippen molar-refractivity contribution in [1.82, 2.24) is 5.32 Å². The number of methoxy groups -OCH3 is 1. The molecule has 0 heterocycles. The summed E-state index contributed by atoms with van der Waals surface area (Å²) in [4.78, 5) is 11.5. The van der Waals surface area contributed by atoms with Crippen LogP contribution in [0.15, 0.2) is 24.3 Å². The van der Waals surface area contributed by atoms with E-state index >= 15 is 0 Å². The maximum atomic E-state index is 11.5. The largest absolute Gasteiger partial charge is 0.497 e. The molecule has 4 N–H and O–H groups in total. The quantitative estimate of drug-likeness (QED) is 0.727. The van der Waals surface area contributed by atoms with Crippen molar-refractivity contribution in [2.75, 3.05) is 19.0 Å². The summed E-state index contributed by atoms with van der Waals surface area (Å²) in [5.74, 6) is 0.757. The molecule has 1 aromatic carbocycles. The highest BCUT2D eigenvalue weighted by atomic mass is 16.5. The van der Waals surface area contributed by atoms with E-state index in [0.717, 1.165) is 17.9 Å². The Hall–Kier alpha value is -1.75. The van der Waals surface area contributed by atoms with E-state index in [2.05, 4.69) is 10.6 Å². The van der Waals surface area contributed by atoms with Gasteiger partial charge in [-0.05, 0) is 37.6 Å². The smallest absolute Gasteiger partial charge is 0.319 e. The van der Waals surface area contributed by atoms with Gasteiger partial charge < -0.3 is 21.1 Å². The van der Waals surface area contributed by atoms with Crippen LogP contribution in [0.4, 0.5) is 10.5 Å². The summed E-state index contributed by atoms with van der Waals surface area (Å²) < 4.78 is 5.02. The average molecular weight is 237 g/mol. The first-order valence-electron chi connectivity index (χ1n) is 5.56. The summed E-state index contributed by atoms with van der Waals surface area (Å²) in [6, 6.07) is 7.01. The van der Waals surface area contributed by atoms with Gasteiger partial charge in [-0.1, -0.05) is 0 Å². The van der Waals surface area contributed by atoms with Gasteiger partial charge in [0, 0.05) is 18.3 Å². The van der Waals surface area contributed by atoms with E-state index in [9.17, 15) is 4.79 Å². The third kappa shape index (κ3) is 5.21. The van der Waals surface area contributed by atoms with Gasteiger partial charge in [0.05, 0.1) is 7.11 Å². The van der Waals surface area contributed by atoms with Crippen LogP contribution in [0.5, 0.6) is 5.75 Å². The Morgan fingerprint density at radius 3 is 2.59 bits per heavy atom. The Labute approximate surface area is 101 Å². The Kier molecular flexibility index (Phi) is 5.29. The zero-order chi connectivity index (χ0) is 12.7. The van der Waals surface area contributed by atoms with Crippen molar-refractivity contribution >= 4 is 11.7 Å². The molecule has 0 aromatic heterocycles. The number of carbonyl (C=O) groups excluding carboxylic acids is 1. The standard InChI is InChI=1S/C12H19N3O2/c1-9(13)7-8-14-12(16)15-10-3-5-11(17-2)6-4-10/h3-6,9H,7-8,13H2,1-2H3,(H2,14,15,16). The lowest BCUT2D eigenvalue weighted by Crippen LogP contribution is -2.32. The van der Waals surface area contributed by atoms with Crippen molar-refractivity contribution in [2.24, 2.45) is 5.73 Å². The van der Waals surface area contributed by atoms with Gasteiger partial charge in [-0.3, -0.25) is 0 Å². The zero-order valence-electron chi connectivity index (χ0n) is 10.2. The molecular formula is C12H19N3O2. The number of carbonyl (C=O) groups is 1. The lowest BCUT2D eigenvalue weighted by atomic mass is 10.2. The predicted molar refractivity (Wildman–Crippen MR) is 68.3 cm³/mol. The molecule has 0 bridgehead atoms. The van der Waals surface area contributed by atoms with Gasteiger partial charge in [0.1, 0.15) is 5.75 Å². The second-order valence-corrected chi connectivity index (χ2v) is 3.88. The number of anilines is 1. The second-order valence-electron chi connectivity index (χ2n) is 3.88. The highest BCUT2D eigenvalue weighted by molar-refractivity contribution is 5.89. The average Bonchev–Trinajstić information content (AvgIpc) is 2.29. The summed E-state index contributed by atoms with van der Waals surface area (Å²) in [5, 5.41) is 5.45. The van der Waals surface area contributed by atoms with Gasteiger partial charge in [-0.15, -0.1) is 0 Å². The van der Waals surface area contributed by atoms with Crippen LogP contribution in [0.3, 0.4) is 0 Å². The molecule has 1 aromatic rings. The van der Waals surface area contributed by atoms with Crippen LogP contribution in [0.25, 0.3) is 0 Å². The van der Waals surface area contributed by atoms with Crippen LogP contribution in [-0.2, 0) is 0 Å². The van der Waals surface area contributed by atoms with Gasteiger partial charge in [0.15, 0.2) is 0 Å². The van der Waals surface area contributed by atoms with Crippen LogP contribution in [-0.4, -0.2) is 25.7 Å². The Bertz CT molecular complexity index is 349. The molecule has 2 amide bonds. The number of urea groups is 1. The number of rotatable bonds is 5. The molecule has 1 unspecified atom stereocenters. The van der Waals surface area contributed by atoms with Crippen LogP contribution < -0.4 is 21.1 Å². The van der Waals surface area contributed by atoms with Gasteiger partial charge in [0.2, 0.25) is 0 Å². The molecule has 0 aliphatic rings. The molecule has 0 saturated carbocycles. The summed E-state index contributed by atoms with van der Waals surface area (Å²) in [5.41, 5.74) is 6.30. The first kappa shape index (κ1) is 13.3. The molecule has 17 heavy (non-hydrogen) atoms. The maximum absolute atomic E-state index is 11.5. The Morgan fingerprint density at radius 1 is 1.41 bits per heavy atom. The van der Waals surface area contributed by atoms with Crippen LogP contribution >= 0.6 is 0 Å². The minimum Gasteiger partial charge on any atom is -0.497 e. The van der Waals surface area contributed by atoms with E-state index < -0.39 is 0 Å². The molecule has 0 fully saturated rings. The van der Waals surface area contributed by atoms with Gasteiger partial charge in [-0.2, -0.15) is 0 Å². The van der Waals surface area contributed by atoms with Crippen LogP contribution in [0.1, 0.15) is 13.3 Å². The van der Waals surface area contributed by atoms with E-state index in [1.807, 2.05) is 6.92 Å². The van der Waals surface area contributed by atoms with Crippen LogP contribution in [0, 0.1) is 0 Å². The fourth-order valence-electron chi connectivity index (χ4n) is 1.26. The summed E-state index contributed by atoms with van der Waals surface area (Å²) in [7, 11) is 1.60. The maximum Gasteiger partial charge on any atom is 0.319 e. The van der Waals surface area contributed by atoms with Crippen molar-refractivity contribution in [1.29, 1.82) is 0 Å². The topological polar surface area (TPSA) is 76.4 Å². The number of amides is 2. The third-order valence-corrected chi connectivity index (χ3v) is 2.23. The molecular weight excluding hydrogens is 218 g/mol. The summed E-state index contributed by atoms with van der Waals surface area (Å²) in [6.45, 7) is 2.47. The monoisotopic (exact) mass is 237 g/mol. The zero-order valence-corrected chi connectivity index (χ0v) is 10.2. The molecule has 1 rings (SSSR count). The molecule has 0 radical (unpaired) electrons. The molecule has 0 spiro atoms. The van der Waals surface area contributed by atoms with Gasteiger partial charge >= 0.3 is 6.03 Å². The van der Waals surface area contributed by atoms with Gasteiger partial charge in [0.25, 0.3) is 0 Å². The first-order valence-corrected chi connectivity index (χ1v) is 5.56. The van der Waals surface area contributed by atoms with E-state index in [-0.39, 0.29) is 12.1 Å². The molecule has 0 saturated heterocycles.